The molecule has 5 nitrogen and oxygen atoms in total. The highest BCUT2D eigenvalue weighted by atomic mass is 32.1. The molecule has 0 saturated heterocycles. The second-order valence-corrected chi connectivity index (χ2v) is 7.45. The minimum absolute atomic E-state index is 0.767. The number of methoxy groups -OCH3 is 1. The molecule has 0 atom stereocenters. The molecule has 0 amide bonds. The Kier molecular flexibility index (Phi) is 4.92. The zero-order valence-corrected chi connectivity index (χ0v) is 15.6. The van der Waals surface area contributed by atoms with Crippen molar-refractivity contribution in [3.05, 3.63) is 46.7 Å². The lowest BCUT2D eigenvalue weighted by atomic mass is 10.1. The van der Waals surface area contributed by atoms with Gasteiger partial charge in [-0.25, -0.2) is 9.97 Å². The van der Waals surface area contributed by atoms with Gasteiger partial charge in [-0.3, -0.25) is 5.43 Å². The Morgan fingerprint density at radius 3 is 2.54 bits per heavy atom. The standard InChI is InChI=1S/C17H18N4OS2/c1-10(13-5-7-14(22-4)8-6-13)20-21-17-18-9-15(24-17)16-11(2)19-12(3)23-16/h5-9H,1-4H3,(H,18,21)/b20-10-. The minimum atomic E-state index is 0.767. The highest BCUT2D eigenvalue weighted by molar-refractivity contribution is 7.23. The average molecular weight is 358 g/mol. The Bertz CT molecular complexity index is 865. The normalized spacial score (nSPS) is 11.6. The van der Waals surface area contributed by atoms with E-state index in [2.05, 4.69) is 20.5 Å². The van der Waals surface area contributed by atoms with Gasteiger partial charge in [0, 0.05) is 6.20 Å². The first kappa shape index (κ1) is 16.6. The quantitative estimate of drug-likeness (QED) is 0.529. The molecule has 0 saturated carbocycles. The molecule has 1 aromatic carbocycles. The third-order valence-corrected chi connectivity index (χ3v) is 5.61. The fourth-order valence-corrected chi connectivity index (χ4v) is 4.04. The van der Waals surface area contributed by atoms with Crippen LogP contribution >= 0.6 is 22.7 Å². The summed E-state index contributed by atoms with van der Waals surface area (Å²) in [6, 6.07) is 7.81. The van der Waals surface area contributed by atoms with Crippen molar-refractivity contribution >= 4 is 33.5 Å². The average Bonchev–Trinajstić information content (AvgIpc) is 3.18. The highest BCUT2D eigenvalue weighted by Gasteiger charge is 2.11. The fraction of sp³-hybridized carbons (Fsp3) is 0.235. The maximum Gasteiger partial charge on any atom is 0.203 e. The molecule has 124 valence electrons. The van der Waals surface area contributed by atoms with Crippen LogP contribution in [0.25, 0.3) is 9.75 Å². The van der Waals surface area contributed by atoms with E-state index in [9.17, 15) is 0 Å². The molecule has 2 heterocycles. The molecule has 0 aliphatic carbocycles. The number of hydrogen-bond donors (Lipinski definition) is 1. The predicted molar refractivity (Wildman–Crippen MR) is 102 cm³/mol. The number of aromatic nitrogens is 2. The largest absolute Gasteiger partial charge is 0.497 e. The lowest BCUT2D eigenvalue weighted by Crippen LogP contribution is -1.99. The highest BCUT2D eigenvalue weighted by Crippen LogP contribution is 2.35. The predicted octanol–water partition coefficient (Wildman–Crippen LogP) is 4.73. The summed E-state index contributed by atoms with van der Waals surface area (Å²) in [6.45, 7) is 6.00. The van der Waals surface area contributed by atoms with Crippen molar-refractivity contribution < 1.29 is 4.74 Å². The van der Waals surface area contributed by atoms with Crippen molar-refractivity contribution in [1.29, 1.82) is 0 Å². The van der Waals surface area contributed by atoms with Crippen LogP contribution in [0.4, 0.5) is 5.13 Å². The molecule has 0 fully saturated rings. The molecule has 0 spiro atoms. The number of nitrogens with zero attached hydrogens (tertiary/aromatic N) is 3. The van der Waals surface area contributed by atoms with Crippen LogP contribution in [0.3, 0.4) is 0 Å². The Hall–Kier alpha value is -2.25. The van der Waals surface area contributed by atoms with Gasteiger partial charge in [-0.15, -0.1) is 11.3 Å². The van der Waals surface area contributed by atoms with Crippen LogP contribution < -0.4 is 10.2 Å². The van der Waals surface area contributed by atoms with E-state index in [-0.39, 0.29) is 0 Å². The molecular weight excluding hydrogens is 340 g/mol. The Morgan fingerprint density at radius 1 is 1.17 bits per heavy atom. The van der Waals surface area contributed by atoms with Gasteiger partial charge in [-0.05, 0) is 50.6 Å². The summed E-state index contributed by atoms with van der Waals surface area (Å²) in [5, 5.41) is 6.25. The monoisotopic (exact) mass is 358 g/mol. The molecule has 2 aromatic heterocycles. The van der Waals surface area contributed by atoms with Crippen LogP contribution in [0.2, 0.25) is 0 Å². The van der Waals surface area contributed by atoms with Gasteiger partial charge in [0.2, 0.25) is 5.13 Å². The molecule has 1 N–H and O–H groups in total. The topological polar surface area (TPSA) is 59.4 Å². The van der Waals surface area contributed by atoms with E-state index in [4.69, 9.17) is 4.74 Å². The fourth-order valence-electron chi connectivity index (χ4n) is 2.22. The van der Waals surface area contributed by atoms with E-state index >= 15 is 0 Å². The van der Waals surface area contributed by atoms with Crippen LogP contribution in [-0.4, -0.2) is 22.8 Å². The lowest BCUT2D eigenvalue weighted by Gasteiger charge is -2.03. The van der Waals surface area contributed by atoms with Gasteiger partial charge in [0.15, 0.2) is 0 Å². The van der Waals surface area contributed by atoms with Crippen molar-refractivity contribution in [2.45, 2.75) is 20.8 Å². The minimum Gasteiger partial charge on any atom is -0.497 e. The van der Waals surface area contributed by atoms with E-state index in [0.29, 0.717) is 0 Å². The number of ether oxygens (including phenoxy) is 1. The maximum atomic E-state index is 5.17. The van der Waals surface area contributed by atoms with Crippen molar-refractivity contribution in [1.82, 2.24) is 9.97 Å². The van der Waals surface area contributed by atoms with Crippen LogP contribution in [0, 0.1) is 13.8 Å². The van der Waals surface area contributed by atoms with Gasteiger partial charge in [-0.1, -0.05) is 11.3 Å². The summed E-state index contributed by atoms with van der Waals surface area (Å²) in [5.74, 6) is 0.833. The van der Waals surface area contributed by atoms with Gasteiger partial charge in [0.1, 0.15) is 5.75 Å². The maximum absolute atomic E-state index is 5.17. The van der Waals surface area contributed by atoms with Crippen molar-refractivity contribution in [3.63, 3.8) is 0 Å². The molecule has 0 radical (unpaired) electrons. The summed E-state index contributed by atoms with van der Waals surface area (Å²) in [5.41, 5.74) is 6.01. The number of anilines is 1. The van der Waals surface area contributed by atoms with Crippen LogP contribution in [0.5, 0.6) is 5.75 Å². The first-order valence-corrected chi connectivity index (χ1v) is 9.05. The zero-order chi connectivity index (χ0) is 17.1. The molecule has 7 heteroatoms. The molecule has 0 unspecified atom stereocenters. The molecule has 3 rings (SSSR count). The van der Waals surface area contributed by atoms with Crippen LogP contribution in [0.15, 0.2) is 35.6 Å². The van der Waals surface area contributed by atoms with Gasteiger partial charge in [0.25, 0.3) is 0 Å². The van der Waals surface area contributed by atoms with E-state index in [1.165, 1.54) is 4.88 Å². The Labute approximate surface area is 149 Å². The van der Waals surface area contributed by atoms with Gasteiger partial charge in [-0.2, -0.15) is 5.10 Å². The van der Waals surface area contributed by atoms with Crippen LogP contribution in [0.1, 0.15) is 23.2 Å². The molecule has 0 aliphatic heterocycles. The first-order chi connectivity index (χ1) is 11.6. The third-order valence-electron chi connectivity index (χ3n) is 3.46. The van der Waals surface area contributed by atoms with E-state index in [1.54, 1.807) is 29.8 Å². The zero-order valence-electron chi connectivity index (χ0n) is 14.0. The number of aryl methyl sites for hydroxylation is 2. The summed E-state index contributed by atoms with van der Waals surface area (Å²) < 4.78 is 5.17. The smallest absolute Gasteiger partial charge is 0.203 e. The van der Waals surface area contributed by atoms with E-state index < -0.39 is 0 Å². The van der Waals surface area contributed by atoms with Gasteiger partial charge in [0.05, 0.1) is 33.3 Å². The number of rotatable bonds is 5. The second-order valence-electron chi connectivity index (χ2n) is 5.21. The first-order valence-electron chi connectivity index (χ1n) is 7.42. The Balaban J connectivity index is 1.73. The van der Waals surface area contributed by atoms with E-state index in [1.807, 2.05) is 51.2 Å². The summed E-state index contributed by atoms with van der Waals surface area (Å²) in [7, 11) is 1.66. The molecular formula is C17H18N4OS2. The third kappa shape index (κ3) is 3.63. The number of hydrazone groups is 1. The van der Waals surface area contributed by atoms with E-state index in [0.717, 1.165) is 37.7 Å². The molecule has 0 aliphatic rings. The molecule has 24 heavy (non-hydrogen) atoms. The summed E-state index contributed by atoms with van der Waals surface area (Å²) in [6.07, 6.45) is 1.87. The number of hydrogen-bond acceptors (Lipinski definition) is 7. The van der Waals surface area contributed by atoms with Gasteiger partial charge < -0.3 is 4.74 Å². The van der Waals surface area contributed by atoms with Crippen molar-refractivity contribution in [2.24, 2.45) is 5.10 Å². The SMILES string of the molecule is COc1ccc(/C(C)=N\Nc2ncc(-c3sc(C)nc3C)s2)cc1. The Morgan fingerprint density at radius 2 is 1.92 bits per heavy atom. The summed E-state index contributed by atoms with van der Waals surface area (Å²) >= 11 is 3.27. The summed E-state index contributed by atoms with van der Waals surface area (Å²) in [4.78, 5) is 11.1. The number of thiazole rings is 2. The second kappa shape index (κ2) is 7.11. The molecule has 0 bridgehead atoms. The van der Waals surface area contributed by atoms with Gasteiger partial charge >= 0.3 is 0 Å². The molecule has 3 aromatic rings. The number of nitrogens with one attached hydrogen (secondary N) is 1. The van der Waals surface area contributed by atoms with Crippen molar-refractivity contribution in [2.75, 3.05) is 12.5 Å². The van der Waals surface area contributed by atoms with Crippen molar-refractivity contribution in [3.8, 4) is 15.5 Å². The number of benzene rings is 1. The van der Waals surface area contributed by atoms with Crippen LogP contribution in [-0.2, 0) is 0 Å². The lowest BCUT2D eigenvalue weighted by molar-refractivity contribution is 0.415.